The Morgan fingerprint density at radius 1 is 0.943 bits per heavy atom. The minimum Gasteiger partial charge on any atom is -0.497 e. The molecule has 0 radical (unpaired) electrons. The molecule has 3 aromatic rings. The number of carbonyl (C=O) groups excluding carboxylic acids is 2. The fourth-order valence-electron chi connectivity index (χ4n) is 3.03. The molecule has 0 heterocycles. The Hall–Kier alpha value is -4.18. The molecule has 1 amide bonds. The van der Waals surface area contributed by atoms with E-state index in [0.717, 1.165) is 9.87 Å². The number of esters is 1. The maximum atomic E-state index is 13.4. The van der Waals surface area contributed by atoms with Crippen LogP contribution in [0.2, 0.25) is 0 Å². The van der Waals surface area contributed by atoms with Crippen LogP contribution in [0.4, 0.5) is 5.69 Å². The third-order valence-electron chi connectivity index (χ3n) is 4.80. The predicted molar refractivity (Wildman–Crippen MR) is 132 cm³/mol. The van der Waals surface area contributed by atoms with Crippen LogP contribution in [0, 0.1) is 6.92 Å². The Morgan fingerprint density at radius 3 is 2.11 bits per heavy atom. The van der Waals surface area contributed by atoms with Gasteiger partial charge in [0, 0.05) is 6.92 Å². The zero-order valence-corrected chi connectivity index (χ0v) is 20.3. The van der Waals surface area contributed by atoms with Gasteiger partial charge in [-0.05, 0) is 73.2 Å². The van der Waals surface area contributed by atoms with Gasteiger partial charge in [0.05, 0.1) is 23.9 Å². The number of nitrogens with zero attached hydrogens (tertiary/aromatic N) is 2. The van der Waals surface area contributed by atoms with E-state index in [2.05, 4.69) is 10.5 Å². The number of aryl methyl sites for hydroxylation is 1. The third-order valence-corrected chi connectivity index (χ3v) is 6.59. The van der Waals surface area contributed by atoms with Crippen LogP contribution in [0.3, 0.4) is 0 Å². The average molecular weight is 496 g/mol. The van der Waals surface area contributed by atoms with Crippen LogP contribution >= 0.6 is 0 Å². The summed E-state index contributed by atoms with van der Waals surface area (Å²) >= 11 is 0. The van der Waals surface area contributed by atoms with Crippen molar-refractivity contribution in [3.8, 4) is 11.5 Å². The largest absolute Gasteiger partial charge is 0.497 e. The quantitative estimate of drug-likeness (QED) is 0.211. The van der Waals surface area contributed by atoms with Gasteiger partial charge in [-0.1, -0.05) is 17.7 Å². The predicted octanol–water partition coefficient (Wildman–Crippen LogP) is 3.27. The second-order valence-corrected chi connectivity index (χ2v) is 9.34. The number of rotatable bonds is 9. The molecule has 0 bridgehead atoms. The van der Waals surface area contributed by atoms with Crippen LogP contribution in [-0.4, -0.2) is 40.2 Å². The van der Waals surface area contributed by atoms with Crippen LogP contribution in [0.1, 0.15) is 18.1 Å². The molecule has 0 fully saturated rings. The minimum absolute atomic E-state index is 0.0584. The van der Waals surface area contributed by atoms with Gasteiger partial charge >= 0.3 is 5.97 Å². The highest BCUT2D eigenvalue weighted by Gasteiger charge is 2.27. The standard InChI is InChI=1S/C25H25N3O6S/c1-18-4-14-24(15-5-18)35(31,32)28(21-8-12-22(33-3)13-9-21)17-25(30)27-26-16-20-6-10-23(11-7-20)34-19(2)29/h4-16H,17H2,1-3H3,(H,27,30)/b26-16-. The first kappa shape index (κ1) is 25.4. The molecule has 182 valence electrons. The van der Waals surface area contributed by atoms with Crippen molar-refractivity contribution in [2.24, 2.45) is 5.10 Å². The van der Waals surface area contributed by atoms with Crippen LogP contribution in [-0.2, 0) is 19.6 Å². The molecule has 0 aliphatic rings. The lowest BCUT2D eigenvalue weighted by atomic mass is 10.2. The lowest BCUT2D eigenvalue weighted by Crippen LogP contribution is -2.39. The van der Waals surface area contributed by atoms with E-state index >= 15 is 0 Å². The summed E-state index contributed by atoms with van der Waals surface area (Å²) in [6.45, 7) is 2.66. The van der Waals surface area contributed by atoms with Crippen molar-refractivity contribution < 1.29 is 27.5 Å². The van der Waals surface area contributed by atoms with Crippen molar-refractivity contribution >= 4 is 33.8 Å². The van der Waals surface area contributed by atoms with E-state index in [1.807, 2.05) is 6.92 Å². The zero-order chi connectivity index (χ0) is 25.4. The second-order valence-electron chi connectivity index (χ2n) is 7.48. The molecule has 0 aromatic heterocycles. The van der Waals surface area contributed by atoms with Gasteiger partial charge < -0.3 is 9.47 Å². The lowest BCUT2D eigenvalue weighted by molar-refractivity contribution is -0.131. The number of methoxy groups -OCH3 is 1. The number of anilines is 1. The van der Waals surface area contributed by atoms with Crippen LogP contribution < -0.4 is 19.2 Å². The molecule has 10 heteroatoms. The first-order valence-electron chi connectivity index (χ1n) is 10.5. The van der Waals surface area contributed by atoms with E-state index in [0.29, 0.717) is 22.7 Å². The number of benzene rings is 3. The summed E-state index contributed by atoms with van der Waals surface area (Å²) in [5.74, 6) is -0.129. The van der Waals surface area contributed by atoms with Gasteiger partial charge in [-0.25, -0.2) is 13.8 Å². The van der Waals surface area contributed by atoms with Gasteiger partial charge in [0.1, 0.15) is 18.0 Å². The van der Waals surface area contributed by atoms with E-state index in [1.165, 1.54) is 32.4 Å². The van der Waals surface area contributed by atoms with Crippen molar-refractivity contribution in [3.05, 3.63) is 83.9 Å². The van der Waals surface area contributed by atoms with Gasteiger partial charge in [-0.2, -0.15) is 5.10 Å². The number of ether oxygens (including phenoxy) is 2. The fourth-order valence-corrected chi connectivity index (χ4v) is 4.45. The lowest BCUT2D eigenvalue weighted by Gasteiger charge is -2.24. The number of amides is 1. The Labute approximate surface area is 204 Å². The topological polar surface area (TPSA) is 114 Å². The first-order chi connectivity index (χ1) is 16.7. The average Bonchev–Trinajstić information content (AvgIpc) is 2.83. The molecular formula is C25H25N3O6S. The highest BCUT2D eigenvalue weighted by atomic mass is 32.2. The van der Waals surface area contributed by atoms with Gasteiger partial charge in [-0.15, -0.1) is 0 Å². The summed E-state index contributed by atoms with van der Waals surface area (Å²) < 4.78 is 37.9. The smallest absolute Gasteiger partial charge is 0.308 e. The van der Waals surface area contributed by atoms with Gasteiger partial charge in [0.2, 0.25) is 0 Å². The van der Waals surface area contributed by atoms with Crippen molar-refractivity contribution in [2.75, 3.05) is 18.0 Å². The number of carbonyl (C=O) groups is 2. The molecule has 0 atom stereocenters. The van der Waals surface area contributed by atoms with E-state index in [1.54, 1.807) is 60.7 Å². The third kappa shape index (κ3) is 6.90. The molecule has 9 nitrogen and oxygen atoms in total. The second kappa shape index (κ2) is 11.3. The number of sulfonamides is 1. The summed E-state index contributed by atoms with van der Waals surface area (Å²) in [7, 11) is -2.53. The minimum atomic E-state index is -4.04. The number of hydrazone groups is 1. The molecule has 0 aliphatic carbocycles. The summed E-state index contributed by atoms with van der Waals surface area (Å²) in [5.41, 5.74) is 4.19. The van der Waals surface area contributed by atoms with Gasteiger partial charge in [0.15, 0.2) is 0 Å². The monoisotopic (exact) mass is 495 g/mol. The Morgan fingerprint density at radius 2 is 1.54 bits per heavy atom. The molecule has 0 saturated carbocycles. The first-order valence-corrected chi connectivity index (χ1v) is 12.0. The van der Waals surface area contributed by atoms with Crippen molar-refractivity contribution in [2.45, 2.75) is 18.7 Å². The molecule has 0 aliphatic heterocycles. The zero-order valence-electron chi connectivity index (χ0n) is 19.5. The summed E-state index contributed by atoms with van der Waals surface area (Å²) in [6, 6.07) is 19.2. The Kier molecular flexibility index (Phi) is 8.21. The molecule has 0 spiro atoms. The SMILES string of the molecule is COc1ccc(N(CC(=O)N/N=C\c2ccc(OC(C)=O)cc2)S(=O)(=O)c2ccc(C)cc2)cc1. The molecule has 0 unspecified atom stereocenters. The van der Waals surface area contributed by atoms with E-state index in [-0.39, 0.29) is 4.90 Å². The van der Waals surface area contributed by atoms with Crippen molar-refractivity contribution in [1.82, 2.24) is 5.43 Å². The molecule has 0 saturated heterocycles. The van der Waals surface area contributed by atoms with Crippen LogP contribution in [0.5, 0.6) is 11.5 Å². The highest BCUT2D eigenvalue weighted by molar-refractivity contribution is 7.92. The molecule has 1 N–H and O–H groups in total. The summed E-state index contributed by atoms with van der Waals surface area (Å²) in [6.07, 6.45) is 1.39. The van der Waals surface area contributed by atoms with Crippen molar-refractivity contribution in [3.63, 3.8) is 0 Å². The Bertz CT molecular complexity index is 1300. The van der Waals surface area contributed by atoms with Crippen LogP contribution in [0.15, 0.2) is 82.8 Å². The van der Waals surface area contributed by atoms with Crippen LogP contribution in [0.25, 0.3) is 0 Å². The normalized spacial score (nSPS) is 11.2. The number of hydrogen-bond acceptors (Lipinski definition) is 7. The van der Waals surface area contributed by atoms with Gasteiger partial charge in [0.25, 0.3) is 15.9 Å². The summed E-state index contributed by atoms with van der Waals surface area (Å²) in [4.78, 5) is 23.7. The fraction of sp³-hybridized carbons (Fsp3) is 0.160. The highest BCUT2D eigenvalue weighted by Crippen LogP contribution is 2.26. The van der Waals surface area contributed by atoms with Crippen molar-refractivity contribution in [1.29, 1.82) is 0 Å². The van der Waals surface area contributed by atoms with E-state index < -0.39 is 28.4 Å². The van der Waals surface area contributed by atoms with E-state index in [4.69, 9.17) is 9.47 Å². The number of hydrogen-bond donors (Lipinski definition) is 1. The maximum absolute atomic E-state index is 13.4. The molecular weight excluding hydrogens is 470 g/mol. The maximum Gasteiger partial charge on any atom is 0.308 e. The summed E-state index contributed by atoms with van der Waals surface area (Å²) in [5, 5.41) is 3.90. The number of nitrogens with one attached hydrogen (secondary N) is 1. The Balaban J connectivity index is 1.77. The molecule has 3 rings (SSSR count). The molecule has 35 heavy (non-hydrogen) atoms. The van der Waals surface area contributed by atoms with Gasteiger partial charge in [-0.3, -0.25) is 13.9 Å². The molecule has 3 aromatic carbocycles. The van der Waals surface area contributed by atoms with E-state index in [9.17, 15) is 18.0 Å².